The molecule has 38 heavy (non-hydrogen) atoms. The first-order valence-electron chi connectivity index (χ1n) is 13.1. The van der Waals surface area contributed by atoms with E-state index in [0.29, 0.717) is 17.5 Å². The molecule has 3 aromatic rings. The highest BCUT2D eigenvalue weighted by Crippen LogP contribution is 2.37. The second-order valence-corrected chi connectivity index (χ2v) is 13.0. The Bertz CT molecular complexity index is 1430. The second kappa shape index (κ2) is 11.1. The van der Waals surface area contributed by atoms with Gasteiger partial charge in [-0.1, -0.05) is 36.2 Å². The van der Waals surface area contributed by atoms with E-state index in [1.807, 2.05) is 6.07 Å². The molecule has 2 heterocycles. The molecule has 0 radical (unpaired) electrons. The topological polar surface area (TPSA) is 96.4 Å². The van der Waals surface area contributed by atoms with Crippen LogP contribution in [0.1, 0.15) is 44.2 Å². The monoisotopic (exact) mass is 555 g/mol. The SMILES string of the molecule is COc1c(Nc2ncc(Cl)c(Nc3ccccc3S(=O)(=O)C(C)C)n2)ccc2c1CCN(C1CCC1)CC2. The fourth-order valence-electron chi connectivity index (χ4n) is 5.09. The van der Waals surface area contributed by atoms with E-state index < -0.39 is 15.1 Å². The summed E-state index contributed by atoms with van der Waals surface area (Å²) in [6.07, 6.45) is 7.37. The summed E-state index contributed by atoms with van der Waals surface area (Å²) in [5.41, 5.74) is 3.72. The summed E-state index contributed by atoms with van der Waals surface area (Å²) in [6.45, 7) is 5.42. The van der Waals surface area contributed by atoms with E-state index in [0.717, 1.165) is 43.4 Å². The normalized spacial score (nSPS) is 16.4. The Morgan fingerprint density at radius 2 is 1.82 bits per heavy atom. The quantitative estimate of drug-likeness (QED) is 0.362. The highest BCUT2D eigenvalue weighted by Gasteiger charge is 2.28. The van der Waals surface area contributed by atoms with Crippen LogP contribution in [0.5, 0.6) is 5.75 Å². The third-order valence-electron chi connectivity index (χ3n) is 7.53. The fourth-order valence-corrected chi connectivity index (χ4v) is 6.43. The van der Waals surface area contributed by atoms with Crippen LogP contribution in [0.15, 0.2) is 47.5 Å². The maximum atomic E-state index is 12.9. The number of ether oxygens (including phenoxy) is 1. The Balaban J connectivity index is 1.40. The number of benzene rings is 2. The summed E-state index contributed by atoms with van der Waals surface area (Å²) in [6, 6.07) is 11.6. The molecule has 0 saturated heterocycles. The number of nitrogens with one attached hydrogen (secondary N) is 2. The molecule has 10 heteroatoms. The number of rotatable bonds is 8. The van der Waals surface area contributed by atoms with Crippen LogP contribution in [0.25, 0.3) is 0 Å². The zero-order valence-corrected chi connectivity index (χ0v) is 23.6. The lowest BCUT2D eigenvalue weighted by Crippen LogP contribution is -2.41. The molecule has 0 spiro atoms. The zero-order valence-electron chi connectivity index (χ0n) is 22.0. The Morgan fingerprint density at radius 1 is 1.05 bits per heavy atom. The number of nitrogens with zero attached hydrogens (tertiary/aromatic N) is 3. The van der Waals surface area contributed by atoms with Gasteiger partial charge < -0.3 is 15.4 Å². The van der Waals surface area contributed by atoms with Gasteiger partial charge >= 0.3 is 0 Å². The number of halogens is 1. The predicted molar refractivity (Wildman–Crippen MR) is 152 cm³/mol. The van der Waals surface area contributed by atoms with Gasteiger partial charge in [-0.3, -0.25) is 4.90 Å². The average Bonchev–Trinajstić information content (AvgIpc) is 3.08. The fraction of sp³-hybridized carbons (Fsp3) is 0.429. The van der Waals surface area contributed by atoms with Crippen molar-refractivity contribution >= 4 is 44.6 Å². The van der Waals surface area contributed by atoms with E-state index >= 15 is 0 Å². The van der Waals surface area contributed by atoms with E-state index in [2.05, 4.69) is 31.6 Å². The van der Waals surface area contributed by atoms with Crippen molar-refractivity contribution in [2.24, 2.45) is 0 Å². The highest BCUT2D eigenvalue weighted by atomic mass is 35.5. The first kappa shape index (κ1) is 26.7. The van der Waals surface area contributed by atoms with Crippen molar-refractivity contribution in [1.82, 2.24) is 14.9 Å². The molecule has 2 N–H and O–H groups in total. The molecule has 8 nitrogen and oxygen atoms in total. The van der Waals surface area contributed by atoms with Crippen LogP contribution < -0.4 is 15.4 Å². The summed E-state index contributed by atoms with van der Waals surface area (Å²) in [5.74, 6) is 1.43. The summed E-state index contributed by atoms with van der Waals surface area (Å²) in [7, 11) is -1.82. The first-order valence-corrected chi connectivity index (χ1v) is 15.0. The van der Waals surface area contributed by atoms with Crippen LogP contribution in [0.3, 0.4) is 0 Å². The van der Waals surface area contributed by atoms with Gasteiger partial charge in [0.05, 0.1) is 34.8 Å². The van der Waals surface area contributed by atoms with Gasteiger partial charge in [-0.25, -0.2) is 13.4 Å². The molecule has 0 bridgehead atoms. The van der Waals surface area contributed by atoms with E-state index in [9.17, 15) is 8.42 Å². The lowest BCUT2D eigenvalue weighted by molar-refractivity contribution is 0.133. The van der Waals surface area contributed by atoms with E-state index in [-0.39, 0.29) is 9.92 Å². The molecule has 0 atom stereocenters. The number of sulfone groups is 1. The maximum Gasteiger partial charge on any atom is 0.229 e. The van der Waals surface area contributed by atoms with Crippen molar-refractivity contribution in [3.8, 4) is 5.75 Å². The van der Waals surface area contributed by atoms with E-state index in [1.165, 1.54) is 36.6 Å². The van der Waals surface area contributed by atoms with Gasteiger partial charge in [-0.05, 0) is 63.3 Å². The molecular weight excluding hydrogens is 522 g/mol. The molecule has 1 aliphatic carbocycles. The van der Waals surface area contributed by atoms with Crippen LogP contribution in [0.4, 0.5) is 23.1 Å². The minimum absolute atomic E-state index is 0.197. The molecule has 2 aromatic carbocycles. The molecular formula is C28H34ClN5O3S. The maximum absolute atomic E-state index is 12.9. The van der Waals surface area contributed by atoms with E-state index in [4.69, 9.17) is 16.3 Å². The van der Waals surface area contributed by atoms with Crippen molar-refractivity contribution in [3.05, 3.63) is 58.7 Å². The summed E-state index contributed by atoms with van der Waals surface area (Å²) in [5, 5.41) is 6.10. The molecule has 1 saturated carbocycles. The van der Waals surface area contributed by atoms with Gasteiger partial charge in [0.25, 0.3) is 0 Å². The molecule has 1 aliphatic heterocycles. The Kier molecular flexibility index (Phi) is 7.79. The molecule has 0 unspecified atom stereocenters. The van der Waals surface area contributed by atoms with Crippen molar-refractivity contribution in [1.29, 1.82) is 0 Å². The van der Waals surface area contributed by atoms with Crippen LogP contribution >= 0.6 is 11.6 Å². The molecule has 5 rings (SSSR count). The minimum Gasteiger partial charge on any atom is -0.494 e. The van der Waals surface area contributed by atoms with Gasteiger partial charge in [0.15, 0.2) is 15.7 Å². The second-order valence-electron chi connectivity index (χ2n) is 10.1. The zero-order chi connectivity index (χ0) is 26.9. The first-order chi connectivity index (χ1) is 18.3. The Hall–Kier alpha value is -2.88. The number of para-hydroxylation sites is 1. The van der Waals surface area contributed by atoms with Crippen LogP contribution in [-0.4, -0.2) is 54.8 Å². The molecule has 1 aromatic heterocycles. The van der Waals surface area contributed by atoms with Crippen molar-refractivity contribution in [2.45, 2.75) is 62.1 Å². The number of anilines is 4. The molecule has 1 fully saturated rings. The third kappa shape index (κ3) is 5.32. The lowest BCUT2D eigenvalue weighted by Gasteiger charge is -2.36. The minimum atomic E-state index is -3.51. The third-order valence-corrected chi connectivity index (χ3v) is 10.0. The van der Waals surface area contributed by atoms with Crippen molar-refractivity contribution in [2.75, 3.05) is 30.8 Å². The van der Waals surface area contributed by atoms with Gasteiger partial charge in [0.1, 0.15) is 10.8 Å². The molecule has 202 valence electrons. The summed E-state index contributed by atoms with van der Waals surface area (Å²) >= 11 is 6.41. The number of fused-ring (bicyclic) bond motifs is 1. The van der Waals surface area contributed by atoms with Crippen LogP contribution in [0.2, 0.25) is 5.02 Å². The predicted octanol–water partition coefficient (Wildman–Crippen LogP) is 5.76. The number of hydrogen-bond donors (Lipinski definition) is 2. The lowest BCUT2D eigenvalue weighted by atomic mass is 9.91. The molecule has 0 amide bonds. The van der Waals surface area contributed by atoms with Gasteiger partial charge in [-0.15, -0.1) is 0 Å². The smallest absolute Gasteiger partial charge is 0.229 e. The van der Waals surface area contributed by atoms with Gasteiger partial charge in [0.2, 0.25) is 5.95 Å². The molecule has 2 aliphatic rings. The van der Waals surface area contributed by atoms with Crippen LogP contribution in [0, 0.1) is 0 Å². The van der Waals surface area contributed by atoms with E-state index in [1.54, 1.807) is 45.2 Å². The van der Waals surface area contributed by atoms with Gasteiger partial charge in [0, 0.05) is 24.7 Å². The Morgan fingerprint density at radius 3 is 2.53 bits per heavy atom. The number of aromatic nitrogens is 2. The largest absolute Gasteiger partial charge is 0.494 e. The average molecular weight is 556 g/mol. The van der Waals surface area contributed by atoms with Crippen molar-refractivity contribution in [3.63, 3.8) is 0 Å². The summed E-state index contributed by atoms with van der Waals surface area (Å²) in [4.78, 5) is 11.7. The summed E-state index contributed by atoms with van der Waals surface area (Å²) < 4.78 is 31.7. The Labute approximate surface area is 229 Å². The standard InChI is InChI=1S/C28H34ClN5O3S/c1-18(2)38(35,36)25-10-5-4-9-23(25)31-27-22(29)17-30-28(33-27)32-24-12-11-19-13-15-34(20-7-6-8-20)16-14-21(19)26(24)37-3/h4-5,9-12,17-18,20H,6-8,13-16H2,1-3H3,(H2,30,31,32,33). The highest BCUT2D eigenvalue weighted by molar-refractivity contribution is 7.92. The number of methoxy groups -OCH3 is 1. The van der Waals surface area contributed by atoms with Gasteiger partial charge in [-0.2, -0.15) is 4.98 Å². The number of hydrogen-bond acceptors (Lipinski definition) is 8. The van der Waals surface area contributed by atoms with Crippen LogP contribution in [-0.2, 0) is 22.7 Å². The van der Waals surface area contributed by atoms with Crippen molar-refractivity contribution < 1.29 is 13.2 Å².